The number of nitrogens with one attached hydrogen (secondary N) is 2. The molecule has 1 aromatic carbocycles. The summed E-state index contributed by atoms with van der Waals surface area (Å²) in [4.78, 5) is 23.7. The monoisotopic (exact) mass is 205 g/mol. The fraction of sp³-hybridized carbons (Fsp3) is 0.200. The third-order valence-corrected chi connectivity index (χ3v) is 2.23. The Bertz CT molecular complexity index is 391. The Labute approximate surface area is 87.1 Å². The number of carbonyl (C=O) groups is 2. The van der Waals surface area contributed by atoms with Gasteiger partial charge >= 0.3 is 6.03 Å². The molecule has 15 heavy (non-hydrogen) atoms. The Hall–Kier alpha value is -2.04. The van der Waals surface area contributed by atoms with E-state index in [-0.39, 0.29) is 11.9 Å². The number of hydrogen-bond acceptors (Lipinski definition) is 3. The first-order chi connectivity index (χ1) is 7.18. The first-order valence-corrected chi connectivity index (χ1v) is 4.58. The lowest BCUT2D eigenvalue weighted by atomic mass is 10.3. The lowest BCUT2D eigenvalue weighted by Gasteiger charge is -2.11. The molecule has 78 valence electrons. The summed E-state index contributed by atoms with van der Waals surface area (Å²) in [5.74, 6) is -0.274. The van der Waals surface area contributed by atoms with E-state index < -0.39 is 6.17 Å². The van der Waals surface area contributed by atoms with Crippen LogP contribution in [0.3, 0.4) is 0 Å². The van der Waals surface area contributed by atoms with Gasteiger partial charge in [0.2, 0.25) is 0 Å². The second-order valence-electron chi connectivity index (χ2n) is 3.29. The Balaban J connectivity index is 2.09. The van der Waals surface area contributed by atoms with Crippen LogP contribution in [0.1, 0.15) is 0 Å². The van der Waals surface area contributed by atoms with Gasteiger partial charge in [0.25, 0.3) is 5.91 Å². The molecule has 1 saturated heterocycles. The highest BCUT2D eigenvalue weighted by molar-refractivity contribution is 6.04. The molecule has 5 heteroatoms. The predicted octanol–water partition coefficient (Wildman–Crippen LogP) is 0.606. The largest absolute Gasteiger partial charge is 0.357 e. The summed E-state index contributed by atoms with van der Waals surface area (Å²) in [6.45, 7) is 0. The highest BCUT2D eigenvalue weighted by Gasteiger charge is 2.35. The van der Waals surface area contributed by atoms with E-state index in [2.05, 4.69) is 10.6 Å². The van der Waals surface area contributed by atoms with Crippen molar-refractivity contribution in [3.63, 3.8) is 0 Å². The number of likely N-dealkylation sites (N-methyl/N-ethyl adjacent to an activating group) is 1. The fourth-order valence-corrected chi connectivity index (χ4v) is 1.37. The fourth-order valence-electron chi connectivity index (χ4n) is 1.37. The first-order valence-electron chi connectivity index (χ1n) is 4.58. The Morgan fingerprint density at radius 1 is 1.27 bits per heavy atom. The quantitative estimate of drug-likeness (QED) is 0.695. The Morgan fingerprint density at radius 2 is 1.93 bits per heavy atom. The average molecular weight is 205 g/mol. The minimum atomic E-state index is -0.662. The molecule has 0 radical (unpaired) electrons. The maximum absolute atomic E-state index is 11.5. The van der Waals surface area contributed by atoms with Gasteiger partial charge in [-0.05, 0) is 12.1 Å². The molecule has 1 unspecified atom stereocenters. The SMILES string of the molecule is CN1C(=O)NC(Nc2ccccc2)C1=O. The Morgan fingerprint density at radius 3 is 2.47 bits per heavy atom. The summed E-state index contributed by atoms with van der Waals surface area (Å²) in [6, 6.07) is 8.87. The van der Waals surface area contributed by atoms with Crippen molar-refractivity contribution in [2.45, 2.75) is 6.17 Å². The van der Waals surface area contributed by atoms with Gasteiger partial charge in [0.05, 0.1) is 0 Å². The van der Waals surface area contributed by atoms with Gasteiger partial charge < -0.3 is 10.6 Å². The zero-order valence-corrected chi connectivity index (χ0v) is 8.23. The lowest BCUT2D eigenvalue weighted by molar-refractivity contribution is -0.125. The van der Waals surface area contributed by atoms with Crippen molar-refractivity contribution >= 4 is 17.6 Å². The summed E-state index contributed by atoms with van der Waals surface area (Å²) in [6.07, 6.45) is -0.662. The molecule has 2 rings (SSSR count). The minimum Gasteiger partial charge on any atom is -0.357 e. The maximum Gasteiger partial charge on any atom is 0.325 e. The summed E-state index contributed by atoms with van der Waals surface area (Å²) < 4.78 is 0. The molecule has 0 aliphatic carbocycles. The number of amides is 3. The molecule has 1 heterocycles. The molecule has 1 atom stereocenters. The van der Waals surface area contributed by atoms with Crippen LogP contribution in [-0.2, 0) is 4.79 Å². The van der Waals surface area contributed by atoms with Crippen LogP contribution < -0.4 is 10.6 Å². The van der Waals surface area contributed by atoms with E-state index in [4.69, 9.17) is 0 Å². The number of urea groups is 1. The van der Waals surface area contributed by atoms with Crippen molar-refractivity contribution in [2.24, 2.45) is 0 Å². The van der Waals surface area contributed by atoms with E-state index in [9.17, 15) is 9.59 Å². The van der Waals surface area contributed by atoms with Gasteiger partial charge in [-0.25, -0.2) is 4.79 Å². The van der Waals surface area contributed by atoms with E-state index in [1.165, 1.54) is 7.05 Å². The van der Waals surface area contributed by atoms with Crippen molar-refractivity contribution in [1.82, 2.24) is 10.2 Å². The van der Waals surface area contributed by atoms with Crippen molar-refractivity contribution < 1.29 is 9.59 Å². The van der Waals surface area contributed by atoms with Crippen LogP contribution in [0.25, 0.3) is 0 Å². The Kier molecular flexibility index (Phi) is 2.29. The maximum atomic E-state index is 11.5. The number of nitrogens with zero attached hydrogens (tertiary/aromatic N) is 1. The van der Waals surface area contributed by atoms with Crippen LogP contribution in [0.15, 0.2) is 30.3 Å². The van der Waals surface area contributed by atoms with Crippen molar-refractivity contribution in [3.05, 3.63) is 30.3 Å². The van der Waals surface area contributed by atoms with E-state index in [1.54, 1.807) is 0 Å². The van der Waals surface area contributed by atoms with Crippen LogP contribution in [0, 0.1) is 0 Å². The first kappa shape index (κ1) is 9.51. The summed E-state index contributed by atoms with van der Waals surface area (Å²) in [5, 5.41) is 5.46. The second kappa shape index (κ2) is 3.61. The molecule has 1 aromatic rings. The third kappa shape index (κ3) is 1.76. The average Bonchev–Trinajstić information content (AvgIpc) is 2.48. The smallest absolute Gasteiger partial charge is 0.325 e. The number of imide groups is 1. The number of carbonyl (C=O) groups excluding carboxylic acids is 2. The van der Waals surface area contributed by atoms with Crippen molar-refractivity contribution in [2.75, 3.05) is 12.4 Å². The van der Waals surface area contributed by atoms with Gasteiger partial charge in [-0.1, -0.05) is 18.2 Å². The van der Waals surface area contributed by atoms with Crippen LogP contribution in [0.2, 0.25) is 0 Å². The van der Waals surface area contributed by atoms with Gasteiger partial charge in [-0.3, -0.25) is 9.69 Å². The number of rotatable bonds is 2. The van der Waals surface area contributed by atoms with E-state index >= 15 is 0 Å². The molecule has 1 fully saturated rings. The molecule has 2 N–H and O–H groups in total. The zero-order valence-electron chi connectivity index (χ0n) is 8.23. The molecule has 5 nitrogen and oxygen atoms in total. The highest BCUT2D eigenvalue weighted by Crippen LogP contribution is 2.10. The number of benzene rings is 1. The van der Waals surface area contributed by atoms with Gasteiger partial charge in [0.15, 0.2) is 6.17 Å². The molecule has 1 aliphatic heterocycles. The van der Waals surface area contributed by atoms with E-state index in [0.29, 0.717) is 0 Å². The van der Waals surface area contributed by atoms with Gasteiger partial charge in [-0.2, -0.15) is 0 Å². The van der Waals surface area contributed by atoms with Crippen molar-refractivity contribution in [3.8, 4) is 0 Å². The standard InChI is InChI=1S/C10H11N3O2/c1-13-9(14)8(12-10(13)15)11-7-5-3-2-4-6-7/h2-6,8,11H,1H3,(H,12,15). The number of para-hydroxylation sites is 1. The summed E-state index contributed by atoms with van der Waals surface area (Å²) >= 11 is 0. The molecule has 0 saturated carbocycles. The van der Waals surface area contributed by atoms with E-state index in [0.717, 1.165) is 10.6 Å². The second-order valence-corrected chi connectivity index (χ2v) is 3.29. The molecule has 0 aromatic heterocycles. The van der Waals surface area contributed by atoms with Crippen LogP contribution >= 0.6 is 0 Å². The van der Waals surface area contributed by atoms with E-state index in [1.807, 2.05) is 30.3 Å². The van der Waals surface area contributed by atoms with Crippen LogP contribution in [0.4, 0.5) is 10.5 Å². The van der Waals surface area contributed by atoms with Gasteiger partial charge in [0, 0.05) is 12.7 Å². The van der Waals surface area contributed by atoms with Crippen LogP contribution in [0.5, 0.6) is 0 Å². The third-order valence-electron chi connectivity index (χ3n) is 2.23. The van der Waals surface area contributed by atoms with Crippen LogP contribution in [-0.4, -0.2) is 30.1 Å². The normalized spacial score (nSPS) is 20.3. The summed E-state index contributed by atoms with van der Waals surface area (Å²) in [5.41, 5.74) is 0.798. The molecule has 3 amide bonds. The number of anilines is 1. The molecule has 0 spiro atoms. The molecular formula is C10H11N3O2. The molecular weight excluding hydrogens is 194 g/mol. The lowest BCUT2D eigenvalue weighted by Crippen LogP contribution is -2.36. The van der Waals surface area contributed by atoms with Gasteiger partial charge in [0.1, 0.15) is 0 Å². The molecule has 1 aliphatic rings. The topological polar surface area (TPSA) is 61.4 Å². The number of hydrogen-bond donors (Lipinski definition) is 2. The zero-order chi connectivity index (χ0) is 10.8. The summed E-state index contributed by atoms with van der Waals surface area (Å²) in [7, 11) is 1.45. The highest BCUT2D eigenvalue weighted by atomic mass is 16.2. The molecule has 0 bridgehead atoms. The van der Waals surface area contributed by atoms with Crippen molar-refractivity contribution in [1.29, 1.82) is 0 Å². The van der Waals surface area contributed by atoms with Gasteiger partial charge in [-0.15, -0.1) is 0 Å². The predicted molar refractivity (Wildman–Crippen MR) is 55.2 cm³/mol. The minimum absolute atomic E-state index is 0.274.